The Balaban J connectivity index is 2.31. The lowest BCUT2D eigenvalue weighted by Gasteiger charge is -2.11. The van der Waals surface area contributed by atoms with Crippen molar-refractivity contribution in [3.63, 3.8) is 0 Å². The largest absolute Gasteiger partial charge is 0.455 e. The summed E-state index contributed by atoms with van der Waals surface area (Å²) in [7, 11) is 0. The molecule has 0 aromatic heterocycles. The van der Waals surface area contributed by atoms with Crippen LogP contribution in [0.25, 0.3) is 0 Å². The van der Waals surface area contributed by atoms with Crippen molar-refractivity contribution >= 4 is 28.3 Å². The molecule has 0 amide bonds. The highest BCUT2D eigenvalue weighted by atomic mass is 127. The normalized spacial score (nSPS) is 10.2. The molecule has 0 spiro atoms. The fourth-order valence-electron chi connectivity index (χ4n) is 1.46. The molecular weight excluding hydrogens is 329 g/mol. The van der Waals surface area contributed by atoms with Crippen LogP contribution in [0.3, 0.4) is 0 Å². The fraction of sp³-hybridized carbons (Fsp3) is 0.0769. The quantitative estimate of drug-likeness (QED) is 0.666. The first-order valence-electron chi connectivity index (χ1n) is 5.12. The highest BCUT2D eigenvalue weighted by molar-refractivity contribution is 14.1. The highest BCUT2D eigenvalue weighted by Gasteiger charge is 2.06. The van der Waals surface area contributed by atoms with Gasteiger partial charge in [0.25, 0.3) is 0 Å². The number of hydrogen-bond acceptors (Lipinski definition) is 3. The Morgan fingerprint density at radius 1 is 1.12 bits per heavy atom. The molecule has 0 unspecified atom stereocenters. The van der Waals surface area contributed by atoms with E-state index in [1.807, 2.05) is 42.5 Å². The maximum absolute atomic E-state index is 9.20. The summed E-state index contributed by atoms with van der Waals surface area (Å²) in [5.74, 6) is 1.23. The van der Waals surface area contributed by atoms with Gasteiger partial charge >= 0.3 is 0 Å². The van der Waals surface area contributed by atoms with Gasteiger partial charge < -0.3 is 15.6 Å². The number of para-hydroxylation sites is 1. The number of ether oxygens (including phenoxy) is 1. The SMILES string of the molecule is Nc1cc(I)ccc1Oc1ccccc1CO. The van der Waals surface area contributed by atoms with E-state index in [1.165, 1.54) is 0 Å². The van der Waals surface area contributed by atoms with Gasteiger partial charge in [0.2, 0.25) is 0 Å². The molecule has 0 saturated heterocycles. The fourth-order valence-corrected chi connectivity index (χ4v) is 1.98. The number of anilines is 1. The number of nitrogen functional groups attached to an aromatic ring is 1. The van der Waals surface area contributed by atoms with Crippen molar-refractivity contribution in [2.45, 2.75) is 6.61 Å². The summed E-state index contributed by atoms with van der Waals surface area (Å²) in [5, 5.41) is 9.20. The summed E-state index contributed by atoms with van der Waals surface area (Å²) < 4.78 is 6.76. The van der Waals surface area contributed by atoms with Gasteiger partial charge in [0, 0.05) is 9.13 Å². The summed E-state index contributed by atoms with van der Waals surface area (Å²) in [4.78, 5) is 0. The molecule has 4 heteroatoms. The van der Waals surface area contributed by atoms with E-state index in [9.17, 15) is 5.11 Å². The molecule has 0 aliphatic rings. The predicted octanol–water partition coefficient (Wildman–Crippen LogP) is 3.16. The van der Waals surface area contributed by atoms with Crippen LogP contribution in [0.2, 0.25) is 0 Å². The average molecular weight is 341 g/mol. The minimum absolute atomic E-state index is 0.0551. The van der Waals surface area contributed by atoms with E-state index in [0.717, 1.165) is 9.13 Å². The summed E-state index contributed by atoms with van der Waals surface area (Å²) in [6, 6.07) is 12.9. The number of halogens is 1. The second kappa shape index (κ2) is 5.37. The molecule has 0 aliphatic carbocycles. The zero-order chi connectivity index (χ0) is 12.3. The molecule has 0 bridgehead atoms. The third kappa shape index (κ3) is 2.89. The van der Waals surface area contributed by atoms with Crippen molar-refractivity contribution in [1.82, 2.24) is 0 Å². The maximum atomic E-state index is 9.20. The van der Waals surface area contributed by atoms with Crippen molar-refractivity contribution in [3.8, 4) is 11.5 Å². The number of hydrogen-bond donors (Lipinski definition) is 2. The van der Waals surface area contributed by atoms with E-state index < -0.39 is 0 Å². The van der Waals surface area contributed by atoms with Crippen molar-refractivity contribution in [1.29, 1.82) is 0 Å². The van der Waals surface area contributed by atoms with Crippen LogP contribution >= 0.6 is 22.6 Å². The molecule has 2 aromatic rings. The van der Waals surface area contributed by atoms with E-state index in [0.29, 0.717) is 17.2 Å². The van der Waals surface area contributed by atoms with Gasteiger partial charge in [0.1, 0.15) is 11.5 Å². The number of nitrogens with two attached hydrogens (primary N) is 1. The van der Waals surface area contributed by atoms with Gasteiger partial charge in [0.15, 0.2) is 0 Å². The molecule has 2 aromatic carbocycles. The first-order valence-corrected chi connectivity index (χ1v) is 6.20. The Kier molecular flexibility index (Phi) is 3.86. The molecule has 3 N–H and O–H groups in total. The van der Waals surface area contributed by atoms with E-state index >= 15 is 0 Å². The first kappa shape index (κ1) is 12.2. The second-order valence-electron chi connectivity index (χ2n) is 3.55. The van der Waals surface area contributed by atoms with Crippen LogP contribution in [0.1, 0.15) is 5.56 Å². The summed E-state index contributed by atoms with van der Waals surface area (Å²) in [6.07, 6.45) is 0. The third-order valence-corrected chi connectivity index (χ3v) is 3.01. The molecule has 0 fully saturated rings. The molecule has 0 heterocycles. The highest BCUT2D eigenvalue weighted by Crippen LogP contribution is 2.30. The van der Waals surface area contributed by atoms with Crippen LogP contribution in [-0.2, 0) is 6.61 Å². The van der Waals surface area contributed by atoms with Gasteiger partial charge in [-0.25, -0.2) is 0 Å². The Bertz CT molecular complexity index is 529. The molecule has 2 rings (SSSR count). The van der Waals surface area contributed by atoms with Crippen LogP contribution < -0.4 is 10.5 Å². The monoisotopic (exact) mass is 341 g/mol. The molecule has 17 heavy (non-hydrogen) atoms. The predicted molar refractivity (Wildman–Crippen MR) is 76.0 cm³/mol. The Hall–Kier alpha value is -1.27. The molecule has 0 radical (unpaired) electrons. The maximum Gasteiger partial charge on any atom is 0.150 e. The average Bonchev–Trinajstić information content (AvgIpc) is 2.33. The van der Waals surface area contributed by atoms with Crippen LogP contribution in [-0.4, -0.2) is 5.11 Å². The summed E-state index contributed by atoms with van der Waals surface area (Å²) in [5.41, 5.74) is 7.20. The third-order valence-electron chi connectivity index (χ3n) is 2.33. The summed E-state index contributed by atoms with van der Waals surface area (Å²) >= 11 is 2.19. The molecular formula is C13H12INO2. The van der Waals surface area contributed by atoms with Crippen molar-refractivity contribution in [2.75, 3.05) is 5.73 Å². The molecule has 88 valence electrons. The topological polar surface area (TPSA) is 55.5 Å². The van der Waals surface area contributed by atoms with Gasteiger partial charge in [-0.2, -0.15) is 0 Å². The van der Waals surface area contributed by atoms with Crippen LogP contribution in [0.4, 0.5) is 5.69 Å². The van der Waals surface area contributed by atoms with Crippen LogP contribution in [0.15, 0.2) is 42.5 Å². The smallest absolute Gasteiger partial charge is 0.150 e. The lowest BCUT2D eigenvalue weighted by atomic mass is 10.2. The molecule has 3 nitrogen and oxygen atoms in total. The van der Waals surface area contributed by atoms with E-state index in [-0.39, 0.29) is 6.61 Å². The first-order chi connectivity index (χ1) is 8.20. The van der Waals surface area contributed by atoms with Gasteiger partial charge in [-0.1, -0.05) is 18.2 Å². The lowest BCUT2D eigenvalue weighted by Crippen LogP contribution is -1.95. The molecule has 0 atom stereocenters. The molecule has 0 saturated carbocycles. The zero-order valence-electron chi connectivity index (χ0n) is 9.06. The Morgan fingerprint density at radius 2 is 1.88 bits per heavy atom. The number of aliphatic hydroxyl groups is 1. The Labute approximate surface area is 113 Å². The number of aliphatic hydroxyl groups excluding tert-OH is 1. The van der Waals surface area contributed by atoms with E-state index in [2.05, 4.69) is 22.6 Å². The standard InChI is InChI=1S/C13H12INO2/c14-10-5-6-13(11(15)7-10)17-12-4-2-1-3-9(12)8-16/h1-7,16H,8,15H2. The van der Waals surface area contributed by atoms with Gasteiger partial charge in [0.05, 0.1) is 12.3 Å². The number of rotatable bonds is 3. The van der Waals surface area contributed by atoms with Gasteiger partial charge in [-0.3, -0.25) is 0 Å². The van der Waals surface area contributed by atoms with Crippen molar-refractivity contribution in [2.24, 2.45) is 0 Å². The Morgan fingerprint density at radius 3 is 2.59 bits per heavy atom. The number of benzene rings is 2. The lowest BCUT2D eigenvalue weighted by molar-refractivity contribution is 0.276. The van der Waals surface area contributed by atoms with Gasteiger partial charge in [-0.05, 0) is 46.9 Å². The van der Waals surface area contributed by atoms with Crippen molar-refractivity contribution in [3.05, 3.63) is 51.6 Å². The minimum atomic E-state index is -0.0551. The van der Waals surface area contributed by atoms with Crippen LogP contribution in [0.5, 0.6) is 11.5 Å². The second-order valence-corrected chi connectivity index (χ2v) is 4.80. The molecule has 0 aliphatic heterocycles. The van der Waals surface area contributed by atoms with Gasteiger partial charge in [-0.15, -0.1) is 0 Å². The zero-order valence-corrected chi connectivity index (χ0v) is 11.2. The van der Waals surface area contributed by atoms with E-state index in [4.69, 9.17) is 10.5 Å². The van der Waals surface area contributed by atoms with Crippen LogP contribution in [0, 0.1) is 3.57 Å². The van der Waals surface area contributed by atoms with Crippen molar-refractivity contribution < 1.29 is 9.84 Å². The van der Waals surface area contributed by atoms with E-state index in [1.54, 1.807) is 0 Å². The minimum Gasteiger partial charge on any atom is -0.455 e. The summed E-state index contributed by atoms with van der Waals surface area (Å²) in [6.45, 7) is -0.0551.